The summed E-state index contributed by atoms with van der Waals surface area (Å²) in [6.45, 7) is 6.44. The Morgan fingerprint density at radius 3 is 2.80 bits per heavy atom. The molecule has 0 bridgehead atoms. The van der Waals surface area contributed by atoms with E-state index in [0.717, 1.165) is 25.0 Å². The monoisotopic (exact) mass is 279 g/mol. The predicted molar refractivity (Wildman–Crippen MR) is 82.0 cm³/mol. The average Bonchev–Trinajstić information content (AvgIpc) is 2.75. The Kier molecular flexibility index (Phi) is 5.22. The van der Waals surface area contributed by atoms with Crippen molar-refractivity contribution in [3.63, 3.8) is 0 Å². The highest BCUT2D eigenvalue weighted by Gasteiger charge is 2.26. The number of nitrogens with two attached hydrogens (primary N) is 1. The lowest BCUT2D eigenvalue weighted by Gasteiger charge is -2.29. The lowest BCUT2D eigenvalue weighted by Crippen LogP contribution is -2.26. The van der Waals surface area contributed by atoms with E-state index in [4.69, 9.17) is 15.6 Å². The van der Waals surface area contributed by atoms with Crippen LogP contribution < -0.4 is 5.73 Å². The van der Waals surface area contributed by atoms with Gasteiger partial charge < -0.3 is 10.5 Å². The van der Waals surface area contributed by atoms with Crippen LogP contribution in [0.3, 0.4) is 0 Å². The first-order valence-electron chi connectivity index (χ1n) is 7.89. The summed E-state index contributed by atoms with van der Waals surface area (Å²) >= 11 is 0. The summed E-state index contributed by atoms with van der Waals surface area (Å²) in [5.74, 6) is 0. The number of hydrogen-bond donors (Lipinski definition) is 1. The van der Waals surface area contributed by atoms with Gasteiger partial charge in [0.15, 0.2) is 0 Å². The van der Waals surface area contributed by atoms with Crippen molar-refractivity contribution in [1.29, 1.82) is 0 Å². The molecule has 2 rings (SSSR count). The normalized spacial score (nSPS) is 24.9. The summed E-state index contributed by atoms with van der Waals surface area (Å²) in [6, 6.07) is 0.724. The highest BCUT2D eigenvalue weighted by molar-refractivity contribution is 5.26. The maximum absolute atomic E-state index is 6.12. The molecule has 1 aromatic heterocycles. The topological polar surface area (TPSA) is 53.1 Å². The quantitative estimate of drug-likeness (QED) is 0.901. The van der Waals surface area contributed by atoms with Gasteiger partial charge in [0.05, 0.1) is 17.8 Å². The molecule has 2 N–H and O–H groups in total. The Labute approximate surface area is 122 Å². The van der Waals surface area contributed by atoms with Crippen LogP contribution in [-0.2, 0) is 11.2 Å². The van der Waals surface area contributed by atoms with Gasteiger partial charge in [-0.05, 0) is 57.9 Å². The first-order chi connectivity index (χ1) is 9.56. The number of aryl methyl sites for hydroxylation is 1. The summed E-state index contributed by atoms with van der Waals surface area (Å²) in [4.78, 5) is 0. The second kappa shape index (κ2) is 6.72. The fourth-order valence-electron chi connectivity index (χ4n) is 3.31. The minimum Gasteiger partial charge on any atom is -0.381 e. The highest BCUT2D eigenvalue weighted by Crippen LogP contribution is 2.32. The molecule has 114 valence electrons. The number of nitrogens with zero attached hydrogens (tertiary/aromatic N) is 2. The molecule has 1 heterocycles. The van der Waals surface area contributed by atoms with Crippen molar-refractivity contribution >= 4 is 0 Å². The summed E-state index contributed by atoms with van der Waals surface area (Å²) in [5.41, 5.74) is 9.91. The summed E-state index contributed by atoms with van der Waals surface area (Å²) in [7, 11) is 1.82. The molecule has 1 aromatic rings. The molecular weight excluding hydrogens is 250 g/mol. The van der Waals surface area contributed by atoms with Crippen LogP contribution in [-0.4, -0.2) is 29.0 Å². The molecular formula is C16H29N3O. The Hall–Kier alpha value is -0.870. The minimum atomic E-state index is 0.239. The molecule has 1 aliphatic carbocycles. The van der Waals surface area contributed by atoms with Crippen molar-refractivity contribution in [2.45, 2.75) is 77.5 Å². The SMILES string of the molecule is CCC(N)Cc1c(C)nn(C2CCCC(OC)C2)c1C. The zero-order valence-corrected chi connectivity index (χ0v) is 13.4. The smallest absolute Gasteiger partial charge is 0.0629 e. The van der Waals surface area contributed by atoms with E-state index in [1.807, 2.05) is 7.11 Å². The maximum atomic E-state index is 6.12. The second-order valence-electron chi connectivity index (χ2n) is 6.14. The van der Waals surface area contributed by atoms with E-state index >= 15 is 0 Å². The van der Waals surface area contributed by atoms with Crippen LogP contribution in [0.1, 0.15) is 62.0 Å². The molecule has 1 fully saturated rings. The zero-order chi connectivity index (χ0) is 14.7. The van der Waals surface area contributed by atoms with Crippen molar-refractivity contribution in [2.24, 2.45) is 5.73 Å². The summed E-state index contributed by atoms with van der Waals surface area (Å²) in [5, 5.41) is 4.80. The molecule has 0 spiro atoms. The van der Waals surface area contributed by atoms with Crippen LogP contribution in [0.2, 0.25) is 0 Å². The molecule has 3 atom stereocenters. The largest absolute Gasteiger partial charge is 0.381 e. The molecule has 0 aliphatic heterocycles. The van der Waals surface area contributed by atoms with E-state index in [1.165, 1.54) is 30.5 Å². The van der Waals surface area contributed by atoms with Gasteiger partial charge in [-0.25, -0.2) is 0 Å². The third kappa shape index (κ3) is 3.23. The molecule has 4 nitrogen and oxygen atoms in total. The number of rotatable bonds is 5. The van der Waals surface area contributed by atoms with Gasteiger partial charge in [0.2, 0.25) is 0 Å². The van der Waals surface area contributed by atoms with E-state index in [9.17, 15) is 0 Å². The second-order valence-corrected chi connectivity index (χ2v) is 6.14. The molecule has 4 heteroatoms. The van der Waals surface area contributed by atoms with Crippen LogP contribution in [0.5, 0.6) is 0 Å². The van der Waals surface area contributed by atoms with Crippen molar-refractivity contribution in [3.05, 3.63) is 17.0 Å². The number of methoxy groups -OCH3 is 1. The molecule has 1 aliphatic rings. The Balaban J connectivity index is 2.18. The highest BCUT2D eigenvalue weighted by atomic mass is 16.5. The lowest BCUT2D eigenvalue weighted by atomic mass is 9.92. The van der Waals surface area contributed by atoms with Gasteiger partial charge in [0.25, 0.3) is 0 Å². The van der Waals surface area contributed by atoms with Crippen molar-refractivity contribution < 1.29 is 4.74 Å². The van der Waals surface area contributed by atoms with Crippen molar-refractivity contribution in [1.82, 2.24) is 9.78 Å². The van der Waals surface area contributed by atoms with Gasteiger partial charge in [-0.3, -0.25) is 4.68 Å². The van der Waals surface area contributed by atoms with Gasteiger partial charge in [0, 0.05) is 18.8 Å². The minimum absolute atomic E-state index is 0.239. The van der Waals surface area contributed by atoms with Crippen LogP contribution in [0.15, 0.2) is 0 Å². The predicted octanol–water partition coefficient (Wildman–Crippen LogP) is 2.91. The van der Waals surface area contributed by atoms with E-state index in [1.54, 1.807) is 0 Å². The molecule has 0 aromatic carbocycles. The molecule has 0 saturated heterocycles. The van der Waals surface area contributed by atoms with Gasteiger partial charge in [-0.1, -0.05) is 6.92 Å². The molecule has 0 radical (unpaired) electrons. The van der Waals surface area contributed by atoms with E-state index in [-0.39, 0.29) is 6.04 Å². The van der Waals surface area contributed by atoms with Gasteiger partial charge in [-0.15, -0.1) is 0 Å². The third-order valence-corrected chi connectivity index (χ3v) is 4.74. The van der Waals surface area contributed by atoms with E-state index in [0.29, 0.717) is 12.1 Å². The van der Waals surface area contributed by atoms with Crippen LogP contribution >= 0.6 is 0 Å². The third-order valence-electron chi connectivity index (χ3n) is 4.74. The molecule has 1 saturated carbocycles. The van der Waals surface area contributed by atoms with Crippen LogP contribution in [0, 0.1) is 13.8 Å². The average molecular weight is 279 g/mol. The van der Waals surface area contributed by atoms with E-state index in [2.05, 4.69) is 25.5 Å². The van der Waals surface area contributed by atoms with Gasteiger partial charge >= 0.3 is 0 Å². The first kappa shape index (κ1) is 15.5. The van der Waals surface area contributed by atoms with Crippen LogP contribution in [0.25, 0.3) is 0 Å². The molecule has 3 unspecified atom stereocenters. The van der Waals surface area contributed by atoms with Crippen molar-refractivity contribution in [2.75, 3.05) is 7.11 Å². The molecule has 20 heavy (non-hydrogen) atoms. The zero-order valence-electron chi connectivity index (χ0n) is 13.4. The number of aromatic nitrogens is 2. The van der Waals surface area contributed by atoms with Crippen LogP contribution in [0.4, 0.5) is 0 Å². The van der Waals surface area contributed by atoms with Gasteiger partial charge in [-0.2, -0.15) is 5.10 Å². The fraction of sp³-hybridized carbons (Fsp3) is 0.812. The Morgan fingerprint density at radius 1 is 1.40 bits per heavy atom. The first-order valence-corrected chi connectivity index (χ1v) is 7.89. The Bertz CT molecular complexity index is 441. The Morgan fingerprint density at radius 2 is 2.15 bits per heavy atom. The van der Waals surface area contributed by atoms with Crippen molar-refractivity contribution in [3.8, 4) is 0 Å². The van der Waals surface area contributed by atoms with Gasteiger partial charge in [0.1, 0.15) is 0 Å². The summed E-state index contributed by atoms with van der Waals surface area (Å²) < 4.78 is 7.77. The standard InChI is InChI=1S/C16H29N3O/c1-5-13(17)9-16-11(2)18-19(12(16)3)14-7-6-8-15(10-14)20-4/h13-15H,5-10,17H2,1-4H3. The fourth-order valence-corrected chi connectivity index (χ4v) is 3.31. The number of hydrogen-bond acceptors (Lipinski definition) is 3. The lowest BCUT2D eigenvalue weighted by molar-refractivity contribution is 0.0503. The summed E-state index contributed by atoms with van der Waals surface area (Å²) in [6.07, 6.45) is 7.04. The van der Waals surface area contributed by atoms with E-state index < -0.39 is 0 Å². The molecule has 0 amide bonds. The number of ether oxygens (including phenoxy) is 1. The maximum Gasteiger partial charge on any atom is 0.0629 e.